The Bertz CT molecular complexity index is 960. The van der Waals surface area contributed by atoms with Crippen molar-refractivity contribution in [2.75, 3.05) is 6.54 Å². The zero-order valence-corrected chi connectivity index (χ0v) is 15.3. The average Bonchev–Trinajstić information content (AvgIpc) is 3.13. The van der Waals surface area contributed by atoms with Crippen LogP contribution in [0.2, 0.25) is 0 Å². The van der Waals surface area contributed by atoms with Crippen molar-refractivity contribution in [2.24, 2.45) is 0 Å². The number of aryl methyl sites for hydroxylation is 1. The number of H-pyrrole nitrogens is 1. The minimum Gasteiger partial charge on any atom is -0.306 e. The van der Waals surface area contributed by atoms with Crippen LogP contribution in [0.1, 0.15) is 27.9 Å². The van der Waals surface area contributed by atoms with Crippen LogP contribution < -0.4 is 5.56 Å². The summed E-state index contributed by atoms with van der Waals surface area (Å²) in [6.45, 7) is 6.85. The normalized spacial score (nSPS) is 14.5. The maximum absolute atomic E-state index is 12.4. The molecule has 0 radical (unpaired) electrons. The number of hydrogen-bond donors (Lipinski definition) is 1. The Morgan fingerprint density at radius 1 is 1.24 bits per heavy atom. The van der Waals surface area contributed by atoms with E-state index in [1.807, 2.05) is 17.5 Å². The summed E-state index contributed by atoms with van der Waals surface area (Å²) >= 11 is 1.60. The van der Waals surface area contributed by atoms with Gasteiger partial charge in [-0.15, -0.1) is 11.3 Å². The lowest BCUT2D eigenvalue weighted by Crippen LogP contribution is -2.35. The van der Waals surface area contributed by atoms with E-state index in [2.05, 4.69) is 41.9 Å². The Kier molecular flexibility index (Phi) is 4.27. The first-order valence-corrected chi connectivity index (χ1v) is 9.43. The number of fused-ring (bicyclic) bond motifs is 1. The number of aromatic nitrogens is 2. The summed E-state index contributed by atoms with van der Waals surface area (Å²) < 4.78 is 0. The van der Waals surface area contributed by atoms with Crippen LogP contribution in [-0.4, -0.2) is 21.4 Å². The molecule has 25 heavy (non-hydrogen) atoms. The summed E-state index contributed by atoms with van der Waals surface area (Å²) in [4.78, 5) is 23.5. The van der Waals surface area contributed by atoms with E-state index >= 15 is 0 Å². The molecule has 0 fully saturated rings. The molecule has 0 atom stereocenters. The lowest BCUT2D eigenvalue weighted by molar-refractivity contribution is 0.240. The third-order valence-corrected chi connectivity index (χ3v) is 5.89. The van der Waals surface area contributed by atoms with Crippen LogP contribution in [0.15, 0.2) is 40.5 Å². The summed E-state index contributed by atoms with van der Waals surface area (Å²) in [6.07, 6.45) is 0.757. The number of thiophene rings is 1. The molecule has 5 heteroatoms. The van der Waals surface area contributed by atoms with Gasteiger partial charge in [-0.3, -0.25) is 9.69 Å². The molecule has 1 N–H and O–H groups in total. The van der Waals surface area contributed by atoms with Gasteiger partial charge in [-0.25, -0.2) is 4.98 Å². The second kappa shape index (κ2) is 6.58. The molecular weight excluding hydrogens is 330 g/mol. The fourth-order valence-corrected chi connectivity index (χ4v) is 4.05. The highest BCUT2D eigenvalue weighted by atomic mass is 32.1. The van der Waals surface area contributed by atoms with Gasteiger partial charge >= 0.3 is 0 Å². The average molecular weight is 351 g/mol. The summed E-state index contributed by atoms with van der Waals surface area (Å²) in [5, 5.41) is 2.00. The highest BCUT2D eigenvalue weighted by molar-refractivity contribution is 7.13. The first-order chi connectivity index (χ1) is 12.1. The quantitative estimate of drug-likeness (QED) is 0.783. The molecule has 0 aliphatic carbocycles. The molecule has 2 aromatic heterocycles. The predicted octanol–water partition coefficient (Wildman–Crippen LogP) is 3.67. The monoisotopic (exact) mass is 351 g/mol. The van der Waals surface area contributed by atoms with Gasteiger partial charge in [0.25, 0.3) is 5.56 Å². The predicted molar refractivity (Wildman–Crippen MR) is 102 cm³/mol. The Balaban J connectivity index is 1.62. The number of hydrogen-bond acceptors (Lipinski definition) is 4. The smallest absolute Gasteiger partial charge is 0.254 e. The molecule has 1 aliphatic rings. The molecule has 0 unspecified atom stereocenters. The van der Waals surface area contributed by atoms with E-state index in [0.717, 1.165) is 42.2 Å². The third-order valence-electron chi connectivity index (χ3n) is 5.02. The second-order valence-electron chi connectivity index (χ2n) is 6.64. The number of benzene rings is 1. The minimum absolute atomic E-state index is 0.0137. The van der Waals surface area contributed by atoms with Crippen molar-refractivity contribution in [1.82, 2.24) is 14.9 Å². The molecule has 0 amide bonds. The number of nitrogens with one attached hydrogen (secondary N) is 1. The van der Waals surface area contributed by atoms with E-state index in [1.54, 1.807) is 11.3 Å². The molecule has 0 spiro atoms. The first kappa shape index (κ1) is 16.2. The van der Waals surface area contributed by atoms with Gasteiger partial charge in [0, 0.05) is 25.2 Å². The molecule has 3 aromatic rings. The summed E-state index contributed by atoms with van der Waals surface area (Å²) in [5.74, 6) is 0.687. The zero-order valence-electron chi connectivity index (χ0n) is 14.5. The maximum Gasteiger partial charge on any atom is 0.254 e. The first-order valence-electron chi connectivity index (χ1n) is 8.55. The van der Waals surface area contributed by atoms with Gasteiger partial charge in [0.05, 0.1) is 10.6 Å². The molecule has 0 bridgehead atoms. The van der Waals surface area contributed by atoms with Crippen molar-refractivity contribution in [3.8, 4) is 10.7 Å². The zero-order chi connectivity index (χ0) is 17.4. The van der Waals surface area contributed by atoms with Crippen molar-refractivity contribution in [3.05, 3.63) is 74.0 Å². The highest BCUT2D eigenvalue weighted by Gasteiger charge is 2.22. The fraction of sp³-hybridized carbons (Fsp3) is 0.300. The van der Waals surface area contributed by atoms with Crippen LogP contribution in [0.4, 0.5) is 0 Å². The molecule has 0 saturated heterocycles. The fourth-order valence-electron chi connectivity index (χ4n) is 3.38. The van der Waals surface area contributed by atoms with Crippen LogP contribution in [0.3, 0.4) is 0 Å². The van der Waals surface area contributed by atoms with Gasteiger partial charge in [0.15, 0.2) is 5.82 Å². The van der Waals surface area contributed by atoms with E-state index < -0.39 is 0 Å². The van der Waals surface area contributed by atoms with Crippen LogP contribution >= 0.6 is 11.3 Å². The van der Waals surface area contributed by atoms with Gasteiger partial charge in [-0.1, -0.05) is 24.3 Å². The summed E-state index contributed by atoms with van der Waals surface area (Å²) in [7, 11) is 0. The van der Waals surface area contributed by atoms with E-state index in [0.29, 0.717) is 5.82 Å². The van der Waals surface area contributed by atoms with Crippen LogP contribution in [-0.2, 0) is 19.5 Å². The van der Waals surface area contributed by atoms with Crippen molar-refractivity contribution >= 4 is 11.3 Å². The number of nitrogens with zero attached hydrogens (tertiary/aromatic N) is 2. The topological polar surface area (TPSA) is 49.0 Å². The molecule has 0 saturated carbocycles. The molecule has 4 rings (SSSR count). The van der Waals surface area contributed by atoms with Crippen LogP contribution in [0, 0.1) is 13.8 Å². The molecule has 1 aromatic carbocycles. The SMILES string of the molecule is Cc1cccc(CN2CCc3c(nc(-c4cccs4)[nH]c3=O)C2)c1C. The van der Waals surface area contributed by atoms with Crippen LogP contribution in [0.5, 0.6) is 0 Å². The van der Waals surface area contributed by atoms with Crippen molar-refractivity contribution in [3.63, 3.8) is 0 Å². The van der Waals surface area contributed by atoms with Gasteiger partial charge in [0.1, 0.15) is 0 Å². The number of rotatable bonds is 3. The van der Waals surface area contributed by atoms with Gasteiger partial charge in [-0.2, -0.15) is 0 Å². The Labute approximate surface area is 151 Å². The van der Waals surface area contributed by atoms with Gasteiger partial charge in [-0.05, 0) is 48.4 Å². The van der Waals surface area contributed by atoms with Crippen molar-refractivity contribution < 1.29 is 0 Å². The molecule has 3 heterocycles. The Morgan fingerprint density at radius 3 is 2.92 bits per heavy atom. The Hall–Kier alpha value is -2.24. The van der Waals surface area contributed by atoms with Crippen molar-refractivity contribution in [2.45, 2.75) is 33.4 Å². The summed E-state index contributed by atoms with van der Waals surface area (Å²) in [5.41, 5.74) is 5.81. The Morgan fingerprint density at radius 2 is 2.12 bits per heavy atom. The van der Waals surface area contributed by atoms with Gasteiger partial charge in [0.2, 0.25) is 0 Å². The molecular formula is C20H21N3OS. The second-order valence-corrected chi connectivity index (χ2v) is 7.58. The largest absolute Gasteiger partial charge is 0.306 e. The van der Waals surface area contributed by atoms with Gasteiger partial charge < -0.3 is 4.98 Å². The lowest BCUT2D eigenvalue weighted by atomic mass is 10.0. The lowest BCUT2D eigenvalue weighted by Gasteiger charge is -2.28. The molecule has 128 valence electrons. The van der Waals surface area contributed by atoms with E-state index in [-0.39, 0.29) is 5.56 Å². The summed E-state index contributed by atoms with van der Waals surface area (Å²) in [6, 6.07) is 10.4. The van der Waals surface area contributed by atoms with E-state index in [9.17, 15) is 4.79 Å². The molecule has 4 nitrogen and oxygen atoms in total. The minimum atomic E-state index is 0.0137. The standard InChI is InChI=1S/C20H21N3OS/c1-13-5-3-6-15(14(13)2)11-23-9-8-16-17(12-23)21-19(22-20(16)24)18-7-4-10-25-18/h3-7,10H,8-9,11-12H2,1-2H3,(H,21,22,24). The van der Waals surface area contributed by atoms with E-state index in [1.165, 1.54) is 16.7 Å². The highest BCUT2D eigenvalue weighted by Crippen LogP contribution is 2.24. The maximum atomic E-state index is 12.4. The van der Waals surface area contributed by atoms with E-state index in [4.69, 9.17) is 4.98 Å². The molecule has 1 aliphatic heterocycles. The van der Waals surface area contributed by atoms with Crippen molar-refractivity contribution in [1.29, 1.82) is 0 Å². The number of aromatic amines is 1. The third kappa shape index (κ3) is 3.17. The van der Waals surface area contributed by atoms with Crippen LogP contribution in [0.25, 0.3) is 10.7 Å².